The van der Waals surface area contributed by atoms with E-state index in [1.165, 1.54) is 0 Å². The summed E-state index contributed by atoms with van der Waals surface area (Å²) in [5.74, 6) is -0.730. The number of nitrogens with one attached hydrogen (secondary N) is 1. The Bertz CT molecular complexity index is 519. The van der Waals surface area contributed by atoms with Gasteiger partial charge in [0.25, 0.3) is 0 Å². The topological polar surface area (TPSA) is 103 Å². The molecular weight excluding hydrogens is 390 g/mol. The number of rotatable bonds is 10. The molecule has 1 aliphatic heterocycles. The first-order valence-corrected chi connectivity index (χ1v) is 11.0. The number of aliphatic hydroxyl groups excluding tert-OH is 1. The number of carbonyl (C=O) groups is 2. The van der Waals surface area contributed by atoms with E-state index in [1.807, 2.05) is 0 Å². The van der Waals surface area contributed by atoms with Gasteiger partial charge in [-0.25, -0.2) is 9.59 Å². The smallest absolute Gasteiger partial charge is 0.408 e. The largest absolute Gasteiger partial charge is 0.458 e. The summed E-state index contributed by atoms with van der Waals surface area (Å²) < 4.78 is 22.0. The fraction of sp³-hybridized carbons (Fsp3) is 0.909. The number of esters is 1. The van der Waals surface area contributed by atoms with Crippen LogP contribution in [0.25, 0.3) is 0 Å². The van der Waals surface area contributed by atoms with Gasteiger partial charge in [-0.05, 0) is 86.0 Å². The van der Waals surface area contributed by atoms with Crippen molar-refractivity contribution in [3.8, 4) is 0 Å². The molecule has 0 aromatic heterocycles. The molecule has 1 amide bonds. The van der Waals surface area contributed by atoms with Crippen molar-refractivity contribution < 1.29 is 33.6 Å². The number of carbonyl (C=O) groups excluding carboxylic acids is 2. The summed E-state index contributed by atoms with van der Waals surface area (Å²) in [7, 11) is 0. The monoisotopic (exact) mass is 431 g/mol. The van der Waals surface area contributed by atoms with Gasteiger partial charge in [0.05, 0.1) is 0 Å². The molecule has 0 radical (unpaired) electrons. The van der Waals surface area contributed by atoms with E-state index in [2.05, 4.69) is 5.32 Å². The second-order valence-corrected chi connectivity index (χ2v) is 9.83. The van der Waals surface area contributed by atoms with Gasteiger partial charge in [0.2, 0.25) is 0 Å². The van der Waals surface area contributed by atoms with E-state index in [4.69, 9.17) is 18.9 Å². The maximum atomic E-state index is 12.6. The van der Waals surface area contributed by atoms with Crippen LogP contribution in [0, 0.1) is 5.92 Å². The second-order valence-electron chi connectivity index (χ2n) is 9.83. The van der Waals surface area contributed by atoms with Crippen molar-refractivity contribution in [2.45, 2.75) is 104 Å². The predicted molar refractivity (Wildman–Crippen MR) is 113 cm³/mol. The minimum absolute atomic E-state index is 0.102. The third-order valence-electron chi connectivity index (χ3n) is 4.41. The molecule has 0 aromatic rings. The summed E-state index contributed by atoms with van der Waals surface area (Å²) >= 11 is 0. The quantitative estimate of drug-likeness (QED) is 0.403. The molecular formula is C22H41NO7. The minimum Gasteiger partial charge on any atom is -0.458 e. The van der Waals surface area contributed by atoms with E-state index in [0.717, 1.165) is 32.3 Å². The molecule has 2 N–H and O–H groups in total. The predicted octanol–water partition coefficient (Wildman–Crippen LogP) is 3.54. The number of hydrogen-bond acceptors (Lipinski definition) is 7. The number of ether oxygens (including phenoxy) is 4. The molecule has 30 heavy (non-hydrogen) atoms. The molecule has 0 aromatic carbocycles. The van der Waals surface area contributed by atoms with Crippen LogP contribution in [0.4, 0.5) is 4.79 Å². The Balaban J connectivity index is 2.59. The van der Waals surface area contributed by atoms with Crippen LogP contribution >= 0.6 is 0 Å². The van der Waals surface area contributed by atoms with Crippen molar-refractivity contribution in [1.29, 1.82) is 0 Å². The summed E-state index contributed by atoms with van der Waals surface area (Å²) in [6.45, 7) is 11.7. The van der Waals surface area contributed by atoms with Gasteiger partial charge in [0.15, 0.2) is 6.29 Å². The number of amides is 1. The van der Waals surface area contributed by atoms with Gasteiger partial charge in [-0.1, -0.05) is 0 Å². The fourth-order valence-corrected chi connectivity index (χ4v) is 3.08. The van der Waals surface area contributed by atoms with Crippen LogP contribution in [0.1, 0.15) is 80.1 Å². The van der Waals surface area contributed by atoms with Crippen LogP contribution in [0.3, 0.4) is 0 Å². The molecule has 1 rings (SSSR count). The molecule has 1 aliphatic rings. The van der Waals surface area contributed by atoms with E-state index in [9.17, 15) is 14.7 Å². The Morgan fingerprint density at radius 2 is 1.77 bits per heavy atom. The van der Waals surface area contributed by atoms with Crippen LogP contribution in [0.2, 0.25) is 0 Å². The zero-order valence-corrected chi connectivity index (χ0v) is 19.5. The average molecular weight is 432 g/mol. The minimum atomic E-state index is -0.904. The standard InChI is InChI=1S/C22H41NO7/c1-21(2,3)29-19(25)17(23-20(26)30-22(4,5)6)14-16(15-24)10-9-13-28-18-11-7-8-12-27-18/h16-18,24H,7-15H2,1-6H3,(H,23,26)/t16-,17-,18?/m0/s1. The van der Waals surface area contributed by atoms with E-state index in [-0.39, 0.29) is 25.2 Å². The van der Waals surface area contributed by atoms with Crippen molar-refractivity contribution >= 4 is 12.1 Å². The first kappa shape index (κ1) is 26.7. The molecule has 1 unspecified atom stereocenters. The molecule has 8 nitrogen and oxygen atoms in total. The van der Waals surface area contributed by atoms with Crippen LogP contribution < -0.4 is 5.32 Å². The van der Waals surface area contributed by atoms with E-state index >= 15 is 0 Å². The van der Waals surface area contributed by atoms with Crippen LogP contribution in [-0.2, 0) is 23.7 Å². The maximum Gasteiger partial charge on any atom is 0.408 e. The lowest BCUT2D eigenvalue weighted by molar-refractivity contribution is -0.163. The Morgan fingerprint density at radius 1 is 1.10 bits per heavy atom. The van der Waals surface area contributed by atoms with E-state index in [0.29, 0.717) is 13.0 Å². The van der Waals surface area contributed by atoms with Crippen molar-refractivity contribution in [3.05, 3.63) is 0 Å². The molecule has 1 saturated heterocycles. The van der Waals surface area contributed by atoms with Crippen molar-refractivity contribution in [3.63, 3.8) is 0 Å². The summed E-state index contributed by atoms with van der Waals surface area (Å²) in [5, 5.41) is 12.4. The summed E-state index contributed by atoms with van der Waals surface area (Å²) in [4.78, 5) is 24.8. The lowest BCUT2D eigenvalue weighted by Crippen LogP contribution is -2.47. The number of aliphatic hydroxyl groups is 1. The third kappa shape index (κ3) is 12.3. The zero-order chi connectivity index (χ0) is 22.8. The van der Waals surface area contributed by atoms with Gasteiger partial charge < -0.3 is 29.4 Å². The zero-order valence-electron chi connectivity index (χ0n) is 19.5. The Morgan fingerprint density at radius 3 is 2.30 bits per heavy atom. The van der Waals surface area contributed by atoms with Gasteiger partial charge in [-0.3, -0.25) is 0 Å². The van der Waals surface area contributed by atoms with Crippen LogP contribution in [-0.4, -0.2) is 60.5 Å². The summed E-state index contributed by atoms with van der Waals surface area (Å²) in [6, 6.07) is -0.904. The lowest BCUT2D eigenvalue weighted by atomic mass is 9.95. The SMILES string of the molecule is CC(C)(C)OC(=O)N[C@@H](C[C@@H](CO)CCCOC1CCCCO1)C(=O)OC(C)(C)C. The lowest BCUT2D eigenvalue weighted by Gasteiger charge is -2.28. The number of hydrogen-bond donors (Lipinski definition) is 2. The number of alkyl carbamates (subject to hydrolysis) is 1. The molecule has 0 aliphatic carbocycles. The highest BCUT2D eigenvalue weighted by Gasteiger charge is 2.30. The van der Waals surface area contributed by atoms with Gasteiger partial charge in [0, 0.05) is 19.8 Å². The molecule has 0 bridgehead atoms. The van der Waals surface area contributed by atoms with Crippen molar-refractivity contribution in [2.24, 2.45) is 5.92 Å². The van der Waals surface area contributed by atoms with Crippen LogP contribution in [0.5, 0.6) is 0 Å². The molecule has 1 heterocycles. The average Bonchev–Trinajstić information content (AvgIpc) is 2.61. The normalized spacial score (nSPS) is 19.6. The molecule has 0 saturated carbocycles. The molecule has 8 heteroatoms. The molecule has 0 spiro atoms. The Hall–Kier alpha value is -1.38. The maximum absolute atomic E-state index is 12.6. The highest BCUT2D eigenvalue weighted by molar-refractivity contribution is 5.81. The molecule has 176 valence electrons. The van der Waals surface area contributed by atoms with Gasteiger partial charge in [0.1, 0.15) is 17.2 Å². The van der Waals surface area contributed by atoms with Crippen molar-refractivity contribution in [1.82, 2.24) is 5.32 Å². The highest BCUT2D eigenvalue weighted by atomic mass is 16.7. The van der Waals surface area contributed by atoms with Gasteiger partial charge in [-0.15, -0.1) is 0 Å². The van der Waals surface area contributed by atoms with E-state index < -0.39 is 29.3 Å². The van der Waals surface area contributed by atoms with Crippen LogP contribution in [0.15, 0.2) is 0 Å². The first-order valence-electron chi connectivity index (χ1n) is 11.0. The van der Waals surface area contributed by atoms with Gasteiger partial charge >= 0.3 is 12.1 Å². The second kappa shape index (κ2) is 12.5. The van der Waals surface area contributed by atoms with Gasteiger partial charge in [-0.2, -0.15) is 0 Å². The van der Waals surface area contributed by atoms with Crippen molar-refractivity contribution in [2.75, 3.05) is 19.8 Å². The molecule has 3 atom stereocenters. The summed E-state index contributed by atoms with van der Waals surface area (Å²) in [6.07, 6.45) is 3.88. The summed E-state index contributed by atoms with van der Waals surface area (Å²) in [5.41, 5.74) is -1.37. The van der Waals surface area contributed by atoms with E-state index in [1.54, 1.807) is 41.5 Å². The fourth-order valence-electron chi connectivity index (χ4n) is 3.08. The Labute approximate surface area is 181 Å². The Kier molecular flexibility index (Phi) is 11.1. The third-order valence-corrected chi connectivity index (χ3v) is 4.41. The highest BCUT2D eigenvalue weighted by Crippen LogP contribution is 2.19. The first-order chi connectivity index (χ1) is 13.9. The molecule has 1 fully saturated rings.